The average molecular weight is 260 g/mol. The van der Waals surface area contributed by atoms with Gasteiger partial charge in [-0.1, -0.05) is 13.8 Å². The Balaban J connectivity index is 0. The third-order valence-corrected chi connectivity index (χ3v) is 2.10. The van der Waals surface area contributed by atoms with Crippen LogP contribution in [-0.4, -0.2) is 11.6 Å². The SMILES string of the molecule is CC[C-](C)C(=O)OC(C)(C)CC.[Y]. The van der Waals surface area contributed by atoms with E-state index in [0.717, 1.165) is 18.8 Å². The van der Waals surface area contributed by atoms with Crippen LogP contribution in [0.1, 0.15) is 47.5 Å². The maximum absolute atomic E-state index is 11.3. The third-order valence-electron chi connectivity index (χ3n) is 2.10. The smallest absolute Gasteiger partial charge is 0.170 e. The summed E-state index contributed by atoms with van der Waals surface area (Å²) in [5.41, 5.74) is -0.326. The first kappa shape index (κ1) is 15.9. The molecule has 0 aliphatic heterocycles. The van der Waals surface area contributed by atoms with E-state index in [1.54, 1.807) is 0 Å². The molecule has 0 N–H and O–H groups in total. The molecule has 0 fully saturated rings. The van der Waals surface area contributed by atoms with E-state index in [1.165, 1.54) is 0 Å². The second-order valence-electron chi connectivity index (χ2n) is 3.64. The number of rotatable bonds is 4. The van der Waals surface area contributed by atoms with Gasteiger partial charge >= 0.3 is 0 Å². The predicted octanol–water partition coefficient (Wildman–Crippen LogP) is 2.72. The van der Waals surface area contributed by atoms with Gasteiger partial charge < -0.3 is 4.74 Å². The fourth-order valence-electron chi connectivity index (χ4n) is 0.555. The van der Waals surface area contributed by atoms with E-state index >= 15 is 0 Å². The molecule has 0 atom stereocenters. The van der Waals surface area contributed by atoms with Gasteiger partial charge in [-0.3, -0.25) is 10.7 Å². The van der Waals surface area contributed by atoms with Gasteiger partial charge in [0.25, 0.3) is 0 Å². The van der Waals surface area contributed by atoms with Crippen molar-refractivity contribution in [2.45, 2.75) is 53.1 Å². The molecular formula is C10H19O2Y-. The zero-order valence-corrected chi connectivity index (χ0v) is 12.1. The predicted molar refractivity (Wildman–Crippen MR) is 49.7 cm³/mol. The van der Waals surface area contributed by atoms with Crippen LogP contribution in [0.2, 0.25) is 0 Å². The average Bonchev–Trinajstić information content (AvgIpc) is 2.02. The fourth-order valence-corrected chi connectivity index (χ4v) is 0.555. The second-order valence-corrected chi connectivity index (χ2v) is 3.64. The Kier molecular flexibility index (Phi) is 8.35. The van der Waals surface area contributed by atoms with Crippen molar-refractivity contribution in [3.63, 3.8) is 0 Å². The van der Waals surface area contributed by atoms with Gasteiger partial charge in [-0.2, -0.15) is 13.3 Å². The van der Waals surface area contributed by atoms with E-state index in [4.69, 9.17) is 4.74 Å². The van der Waals surface area contributed by atoms with Gasteiger partial charge in [-0.25, -0.2) is 0 Å². The largest absolute Gasteiger partial charge is 0.482 e. The van der Waals surface area contributed by atoms with Crippen molar-refractivity contribution < 1.29 is 42.2 Å². The van der Waals surface area contributed by atoms with Crippen molar-refractivity contribution >= 4 is 5.97 Å². The van der Waals surface area contributed by atoms with E-state index in [0.29, 0.717) is 0 Å². The van der Waals surface area contributed by atoms with Crippen LogP contribution in [0.4, 0.5) is 0 Å². The van der Waals surface area contributed by atoms with Gasteiger partial charge in [-0.05, 0) is 20.3 Å². The summed E-state index contributed by atoms with van der Waals surface area (Å²) in [6.07, 6.45) is 1.61. The van der Waals surface area contributed by atoms with Crippen molar-refractivity contribution in [3.8, 4) is 0 Å². The van der Waals surface area contributed by atoms with Crippen molar-refractivity contribution in [2.75, 3.05) is 0 Å². The summed E-state index contributed by atoms with van der Waals surface area (Å²) in [5.74, 6) is 0.626. The Morgan fingerprint density at radius 1 is 1.38 bits per heavy atom. The molecule has 0 spiro atoms. The number of hydrogen-bond donors (Lipinski definition) is 0. The minimum Gasteiger partial charge on any atom is -0.482 e. The monoisotopic (exact) mass is 260 g/mol. The molecule has 0 unspecified atom stereocenters. The van der Waals surface area contributed by atoms with Crippen LogP contribution in [0.15, 0.2) is 0 Å². The Morgan fingerprint density at radius 3 is 2.15 bits per heavy atom. The number of ether oxygens (including phenoxy) is 1. The standard InChI is InChI=1S/C10H19O2.Y/c1-6-8(3)9(11)12-10(4,5)7-2;/h6-7H2,1-5H3;/q-1;. The molecule has 0 aromatic heterocycles. The summed E-state index contributed by atoms with van der Waals surface area (Å²) in [7, 11) is 0. The number of carbonyl (C=O) groups is 1. The minimum absolute atomic E-state index is 0. The molecule has 1 radical (unpaired) electrons. The van der Waals surface area contributed by atoms with E-state index in [-0.39, 0.29) is 44.3 Å². The van der Waals surface area contributed by atoms with Crippen LogP contribution in [0, 0.1) is 5.92 Å². The zero-order chi connectivity index (χ0) is 9.78. The Bertz CT molecular complexity index is 155. The molecule has 0 aliphatic rings. The van der Waals surface area contributed by atoms with Crippen LogP contribution in [0.25, 0.3) is 0 Å². The summed E-state index contributed by atoms with van der Waals surface area (Å²) in [6.45, 7) is 9.62. The summed E-state index contributed by atoms with van der Waals surface area (Å²) in [4.78, 5) is 11.3. The summed E-state index contributed by atoms with van der Waals surface area (Å²) >= 11 is 0. The summed E-state index contributed by atoms with van der Waals surface area (Å²) in [5, 5.41) is 0. The summed E-state index contributed by atoms with van der Waals surface area (Å²) in [6, 6.07) is 0. The van der Waals surface area contributed by atoms with Gasteiger partial charge in [0.05, 0.1) is 0 Å². The van der Waals surface area contributed by atoms with Crippen LogP contribution in [0.5, 0.6) is 0 Å². The molecule has 0 aromatic rings. The number of esters is 1. The Hall–Kier alpha value is 0.444. The maximum atomic E-state index is 11.3. The van der Waals surface area contributed by atoms with Gasteiger partial charge in [0, 0.05) is 32.7 Å². The quantitative estimate of drug-likeness (QED) is 0.574. The molecular weight excluding hydrogens is 241 g/mol. The van der Waals surface area contributed by atoms with Gasteiger partial charge in [0.1, 0.15) is 5.60 Å². The molecule has 3 heteroatoms. The van der Waals surface area contributed by atoms with Gasteiger partial charge in [0.15, 0.2) is 5.97 Å². The first-order chi connectivity index (χ1) is 5.43. The molecule has 0 bridgehead atoms. The van der Waals surface area contributed by atoms with Crippen LogP contribution in [0.3, 0.4) is 0 Å². The molecule has 13 heavy (non-hydrogen) atoms. The van der Waals surface area contributed by atoms with Crippen LogP contribution >= 0.6 is 0 Å². The van der Waals surface area contributed by atoms with E-state index < -0.39 is 0 Å². The first-order valence-electron chi connectivity index (χ1n) is 4.48. The molecule has 0 amide bonds. The van der Waals surface area contributed by atoms with E-state index in [2.05, 4.69) is 0 Å². The van der Waals surface area contributed by atoms with Gasteiger partial charge in [0.2, 0.25) is 0 Å². The van der Waals surface area contributed by atoms with Crippen molar-refractivity contribution in [1.29, 1.82) is 0 Å². The molecule has 0 rings (SSSR count). The molecule has 75 valence electrons. The maximum Gasteiger partial charge on any atom is 0.170 e. The molecule has 0 saturated carbocycles. The van der Waals surface area contributed by atoms with Crippen LogP contribution < -0.4 is 0 Å². The molecule has 0 aliphatic carbocycles. The third kappa shape index (κ3) is 6.51. The normalized spacial score (nSPS) is 10.2. The summed E-state index contributed by atoms with van der Waals surface area (Å²) < 4.78 is 5.26. The molecule has 0 heterocycles. The molecule has 2 nitrogen and oxygen atoms in total. The van der Waals surface area contributed by atoms with E-state index in [1.807, 2.05) is 34.6 Å². The Labute approximate surface area is 107 Å². The molecule has 0 aromatic carbocycles. The minimum atomic E-state index is -0.326. The van der Waals surface area contributed by atoms with E-state index in [9.17, 15) is 4.79 Å². The topological polar surface area (TPSA) is 26.3 Å². The van der Waals surface area contributed by atoms with Crippen molar-refractivity contribution in [2.24, 2.45) is 0 Å². The van der Waals surface area contributed by atoms with Crippen LogP contribution in [-0.2, 0) is 42.2 Å². The number of hydrogen-bond acceptors (Lipinski definition) is 2. The van der Waals surface area contributed by atoms with Crippen molar-refractivity contribution in [3.05, 3.63) is 5.92 Å². The Morgan fingerprint density at radius 2 is 1.85 bits per heavy atom. The zero-order valence-electron chi connectivity index (χ0n) is 9.31. The number of carbonyl (C=O) groups excluding carboxylic acids is 1. The molecule has 0 saturated heterocycles. The van der Waals surface area contributed by atoms with Gasteiger partial charge in [-0.15, -0.1) is 0 Å². The fraction of sp³-hybridized carbons (Fsp3) is 0.800. The second kappa shape index (κ2) is 6.83. The van der Waals surface area contributed by atoms with Crippen molar-refractivity contribution in [1.82, 2.24) is 0 Å². The first-order valence-corrected chi connectivity index (χ1v) is 4.48.